The zero-order valence-electron chi connectivity index (χ0n) is 18.3. The highest BCUT2D eigenvalue weighted by atomic mass is 32.2. The molecule has 2 heterocycles. The summed E-state index contributed by atoms with van der Waals surface area (Å²) in [6, 6.07) is 8.55. The molecule has 0 spiro atoms. The van der Waals surface area contributed by atoms with E-state index in [1.54, 1.807) is 45.0 Å². The van der Waals surface area contributed by atoms with Crippen LogP contribution in [0.5, 0.6) is 0 Å². The van der Waals surface area contributed by atoms with Gasteiger partial charge in [-0.15, -0.1) is 0 Å². The second-order valence-corrected chi connectivity index (χ2v) is 9.56. The van der Waals surface area contributed by atoms with Gasteiger partial charge < -0.3 is 15.0 Å². The Hall–Kier alpha value is -3.16. The molecule has 170 valence electrons. The molecule has 0 bridgehead atoms. The summed E-state index contributed by atoms with van der Waals surface area (Å²) in [5, 5.41) is 11.8. The van der Waals surface area contributed by atoms with Crippen LogP contribution in [0.25, 0.3) is 0 Å². The number of hydrogen-bond donors (Lipinski definition) is 2. The molecule has 0 radical (unpaired) electrons. The first-order valence-electron chi connectivity index (χ1n) is 10.4. The number of benzene rings is 1. The number of aromatic amines is 1. The standard InChI is InChI=1S/C22H26N4O5S/c1-4-31-22(28)19-14(2)24-15(3)20(19)32(29,30)26-10-6-8-17(13-26)21(27)25-18-9-5-7-16(11-18)12-23/h5,7,9,11,17,24H,4,6,8,10,13H2,1-3H3,(H,25,27). The van der Waals surface area contributed by atoms with Crippen molar-refractivity contribution < 1.29 is 22.7 Å². The maximum absolute atomic E-state index is 13.5. The maximum atomic E-state index is 13.5. The van der Waals surface area contributed by atoms with Gasteiger partial charge in [0.15, 0.2) is 0 Å². The molecule has 1 fully saturated rings. The minimum Gasteiger partial charge on any atom is -0.462 e. The van der Waals surface area contributed by atoms with E-state index in [4.69, 9.17) is 10.00 Å². The molecule has 3 rings (SSSR count). The van der Waals surface area contributed by atoms with Crippen molar-refractivity contribution in [2.75, 3.05) is 25.0 Å². The molecular weight excluding hydrogens is 432 g/mol. The SMILES string of the molecule is CCOC(=O)c1c(C)[nH]c(C)c1S(=O)(=O)N1CCCC(C(=O)Nc2cccc(C#N)c2)C1. The molecule has 1 unspecified atom stereocenters. The van der Waals surface area contributed by atoms with Gasteiger partial charge in [-0.1, -0.05) is 6.07 Å². The monoisotopic (exact) mass is 458 g/mol. The predicted octanol–water partition coefficient (Wildman–Crippen LogP) is 2.72. The van der Waals surface area contributed by atoms with Crippen LogP contribution in [0.15, 0.2) is 29.2 Å². The van der Waals surface area contributed by atoms with Crippen LogP contribution in [-0.4, -0.2) is 49.3 Å². The van der Waals surface area contributed by atoms with Crippen molar-refractivity contribution in [2.24, 2.45) is 5.92 Å². The molecule has 2 N–H and O–H groups in total. The summed E-state index contributed by atoms with van der Waals surface area (Å²) >= 11 is 0. The van der Waals surface area contributed by atoms with Crippen molar-refractivity contribution in [2.45, 2.75) is 38.5 Å². The fourth-order valence-electron chi connectivity index (χ4n) is 3.94. The number of hydrogen-bond acceptors (Lipinski definition) is 6. The summed E-state index contributed by atoms with van der Waals surface area (Å²) in [6.07, 6.45) is 1.04. The number of piperidine rings is 1. The number of carbonyl (C=O) groups excluding carboxylic acids is 2. The molecule has 1 aliphatic heterocycles. The largest absolute Gasteiger partial charge is 0.462 e. The number of nitrogens with zero attached hydrogens (tertiary/aromatic N) is 2. The minimum absolute atomic E-state index is 0.00194. The number of aryl methyl sites for hydroxylation is 2. The molecule has 1 aliphatic rings. The fraction of sp³-hybridized carbons (Fsp3) is 0.409. The van der Waals surface area contributed by atoms with Crippen LogP contribution in [-0.2, 0) is 19.6 Å². The van der Waals surface area contributed by atoms with Gasteiger partial charge in [-0.3, -0.25) is 4.79 Å². The number of esters is 1. The van der Waals surface area contributed by atoms with Gasteiger partial charge in [0.25, 0.3) is 0 Å². The van der Waals surface area contributed by atoms with E-state index in [0.29, 0.717) is 35.5 Å². The van der Waals surface area contributed by atoms with Gasteiger partial charge in [0, 0.05) is 30.2 Å². The lowest BCUT2D eigenvalue weighted by atomic mass is 9.98. The molecule has 2 aromatic rings. The molecular formula is C22H26N4O5S. The van der Waals surface area contributed by atoms with Crippen LogP contribution < -0.4 is 5.32 Å². The highest BCUT2D eigenvalue weighted by Gasteiger charge is 2.38. The Kier molecular flexibility index (Phi) is 7.01. The molecule has 0 aliphatic carbocycles. The number of nitriles is 1. The number of amides is 1. The van der Waals surface area contributed by atoms with E-state index in [9.17, 15) is 18.0 Å². The van der Waals surface area contributed by atoms with E-state index < -0.39 is 21.9 Å². The Balaban J connectivity index is 1.84. The summed E-state index contributed by atoms with van der Waals surface area (Å²) in [5.41, 5.74) is 1.68. The molecule has 10 heteroatoms. The number of rotatable bonds is 6. The van der Waals surface area contributed by atoms with Crippen molar-refractivity contribution in [3.63, 3.8) is 0 Å². The van der Waals surface area contributed by atoms with Crippen LogP contribution in [0.2, 0.25) is 0 Å². The second kappa shape index (κ2) is 9.54. The fourth-order valence-corrected chi connectivity index (χ4v) is 5.88. The van der Waals surface area contributed by atoms with Gasteiger partial charge in [0.2, 0.25) is 15.9 Å². The summed E-state index contributed by atoms with van der Waals surface area (Å²) in [6.45, 7) is 5.25. The lowest BCUT2D eigenvalue weighted by Crippen LogP contribution is -2.44. The molecule has 0 saturated carbocycles. The Morgan fingerprint density at radius 2 is 2.06 bits per heavy atom. The number of nitrogens with one attached hydrogen (secondary N) is 2. The molecule has 1 aromatic carbocycles. The molecule has 32 heavy (non-hydrogen) atoms. The third kappa shape index (κ3) is 4.69. The summed E-state index contributed by atoms with van der Waals surface area (Å²) in [7, 11) is -4.04. The Morgan fingerprint density at radius 1 is 1.31 bits per heavy atom. The predicted molar refractivity (Wildman–Crippen MR) is 117 cm³/mol. The van der Waals surface area contributed by atoms with Gasteiger partial charge in [-0.25, -0.2) is 13.2 Å². The Bertz CT molecular complexity index is 1180. The van der Waals surface area contributed by atoms with E-state index in [1.165, 1.54) is 4.31 Å². The van der Waals surface area contributed by atoms with Crippen LogP contribution in [0.4, 0.5) is 5.69 Å². The first kappa shape index (κ1) is 23.5. The smallest absolute Gasteiger partial charge is 0.341 e. The van der Waals surface area contributed by atoms with Gasteiger partial charge >= 0.3 is 5.97 Å². The average Bonchev–Trinajstić information content (AvgIpc) is 3.08. The number of ether oxygens (including phenoxy) is 1. The van der Waals surface area contributed by atoms with Crippen LogP contribution in [0.1, 0.15) is 47.1 Å². The number of carbonyl (C=O) groups is 2. The molecule has 1 amide bonds. The normalized spacial score (nSPS) is 16.9. The van der Waals surface area contributed by atoms with Gasteiger partial charge in [0.05, 0.1) is 24.2 Å². The Morgan fingerprint density at radius 3 is 2.75 bits per heavy atom. The number of aromatic nitrogens is 1. The molecule has 1 atom stereocenters. The third-order valence-electron chi connectivity index (χ3n) is 5.41. The summed E-state index contributed by atoms with van der Waals surface area (Å²) in [5.74, 6) is -1.57. The van der Waals surface area contributed by atoms with Crippen LogP contribution in [0, 0.1) is 31.1 Å². The zero-order valence-corrected chi connectivity index (χ0v) is 19.1. The van der Waals surface area contributed by atoms with E-state index in [1.807, 2.05) is 6.07 Å². The summed E-state index contributed by atoms with van der Waals surface area (Å²) < 4.78 is 33.3. The number of sulfonamides is 1. The van der Waals surface area contributed by atoms with Crippen molar-refractivity contribution in [3.8, 4) is 6.07 Å². The number of anilines is 1. The molecule has 9 nitrogen and oxygen atoms in total. The summed E-state index contributed by atoms with van der Waals surface area (Å²) in [4.78, 5) is 28.1. The second-order valence-electron chi connectivity index (χ2n) is 7.68. The third-order valence-corrected chi connectivity index (χ3v) is 7.45. The van der Waals surface area contributed by atoms with E-state index in [2.05, 4.69) is 10.3 Å². The van der Waals surface area contributed by atoms with Gasteiger partial charge in [-0.2, -0.15) is 9.57 Å². The molecule has 1 saturated heterocycles. The first-order valence-corrected chi connectivity index (χ1v) is 11.8. The zero-order chi connectivity index (χ0) is 23.5. The quantitative estimate of drug-likeness (QED) is 0.640. The van der Waals surface area contributed by atoms with Crippen molar-refractivity contribution in [3.05, 3.63) is 46.8 Å². The maximum Gasteiger partial charge on any atom is 0.341 e. The van der Waals surface area contributed by atoms with Crippen molar-refractivity contribution in [1.82, 2.24) is 9.29 Å². The lowest BCUT2D eigenvalue weighted by molar-refractivity contribution is -0.120. The van der Waals surface area contributed by atoms with Crippen LogP contribution in [0.3, 0.4) is 0 Å². The molecule has 1 aromatic heterocycles. The highest BCUT2D eigenvalue weighted by molar-refractivity contribution is 7.89. The first-order chi connectivity index (χ1) is 15.2. The highest BCUT2D eigenvalue weighted by Crippen LogP contribution is 2.31. The van der Waals surface area contributed by atoms with E-state index in [-0.39, 0.29) is 36.1 Å². The average molecular weight is 459 g/mol. The van der Waals surface area contributed by atoms with Gasteiger partial charge in [0.1, 0.15) is 10.5 Å². The van der Waals surface area contributed by atoms with Crippen molar-refractivity contribution in [1.29, 1.82) is 5.26 Å². The lowest BCUT2D eigenvalue weighted by Gasteiger charge is -2.31. The number of H-pyrrole nitrogens is 1. The van der Waals surface area contributed by atoms with E-state index >= 15 is 0 Å². The Labute approximate surface area is 187 Å². The van der Waals surface area contributed by atoms with Crippen molar-refractivity contribution >= 4 is 27.6 Å². The topological polar surface area (TPSA) is 132 Å². The van der Waals surface area contributed by atoms with E-state index in [0.717, 1.165) is 0 Å². The van der Waals surface area contributed by atoms with Gasteiger partial charge in [-0.05, 0) is 51.8 Å². The van der Waals surface area contributed by atoms with Crippen LogP contribution >= 0.6 is 0 Å². The minimum atomic E-state index is -4.04.